The molecule has 0 saturated heterocycles. The number of carbonyl (C=O) groups is 1. The van der Waals surface area contributed by atoms with Crippen molar-refractivity contribution < 1.29 is 9.53 Å². The Labute approximate surface area is 166 Å². The lowest BCUT2D eigenvalue weighted by molar-refractivity contribution is 0.0633. The molecule has 27 heavy (non-hydrogen) atoms. The maximum atomic E-state index is 13.2. The molecule has 0 aromatic heterocycles. The molecule has 5 heteroatoms. The predicted molar refractivity (Wildman–Crippen MR) is 109 cm³/mol. The molecule has 4 nitrogen and oxygen atoms in total. The molecule has 0 heterocycles. The molecule has 3 rings (SSSR count). The molecule has 144 valence electrons. The smallest absolute Gasteiger partial charge is 0.257 e. The number of ether oxygens (including phenoxy) is 1. The normalized spacial score (nSPS) is 19.5. The molecule has 1 aliphatic rings. The van der Waals surface area contributed by atoms with Gasteiger partial charge in [-0.3, -0.25) is 4.79 Å². The van der Waals surface area contributed by atoms with E-state index in [2.05, 4.69) is 0 Å². The van der Waals surface area contributed by atoms with Crippen LogP contribution in [-0.2, 0) is 6.61 Å². The molecular formula is C22H27ClN2O2. The third-order valence-electron chi connectivity index (χ3n) is 5.15. The molecule has 0 radical (unpaired) electrons. The summed E-state index contributed by atoms with van der Waals surface area (Å²) >= 11 is 5.93. The Balaban J connectivity index is 1.75. The summed E-state index contributed by atoms with van der Waals surface area (Å²) in [6.45, 7) is 3.08. The van der Waals surface area contributed by atoms with Crippen molar-refractivity contribution in [3.05, 3.63) is 64.7 Å². The van der Waals surface area contributed by atoms with E-state index in [1.54, 1.807) is 0 Å². The van der Waals surface area contributed by atoms with E-state index >= 15 is 0 Å². The maximum absolute atomic E-state index is 13.2. The first kappa shape index (κ1) is 19.7. The average molecular weight is 387 g/mol. The molecule has 1 fully saturated rings. The lowest BCUT2D eigenvalue weighted by atomic mass is 9.90. The second-order valence-electron chi connectivity index (χ2n) is 7.08. The molecule has 1 aliphatic carbocycles. The zero-order valence-corrected chi connectivity index (χ0v) is 16.5. The lowest BCUT2D eigenvalue weighted by Crippen LogP contribution is -2.45. The Kier molecular flexibility index (Phi) is 6.75. The Morgan fingerprint density at radius 1 is 1.19 bits per heavy atom. The number of rotatable bonds is 6. The number of halogens is 1. The molecular weight excluding hydrogens is 360 g/mol. The molecule has 2 atom stereocenters. The third-order valence-corrected chi connectivity index (χ3v) is 5.41. The quantitative estimate of drug-likeness (QED) is 0.786. The zero-order chi connectivity index (χ0) is 19.2. The summed E-state index contributed by atoms with van der Waals surface area (Å²) in [6, 6.07) is 15.4. The average Bonchev–Trinajstić information content (AvgIpc) is 2.68. The molecule has 0 aliphatic heterocycles. The van der Waals surface area contributed by atoms with Gasteiger partial charge < -0.3 is 15.4 Å². The van der Waals surface area contributed by atoms with Crippen molar-refractivity contribution in [3.8, 4) is 5.75 Å². The van der Waals surface area contributed by atoms with Gasteiger partial charge >= 0.3 is 0 Å². The second kappa shape index (κ2) is 9.25. The highest BCUT2D eigenvalue weighted by atomic mass is 35.5. The van der Waals surface area contributed by atoms with Crippen molar-refractivity contribution in [2.24, 2.45) is 5.73 Å². The largest absolute Gasteiger partial charge is 0.488 e. The highest BCUT2D eigenvalue weighted by Crippen LogP contribution is 2.27. The minimum atomic E-state index is 0.0170. The third kappa shape index (κ3) is 5.02. The fourth-order valence-electron chi connectivity index (χ4n) is 3.72. The van der Waals surface area contributed by atoms with E-state index in [9.17, 15) is 4.79 Å². The second-order valence-corrected chi connectivity index (χ2v) is 7.52. The van der Waals surface area contributed by atoms with E-state index in [4.69, 9.17) is 22.1 Å². The van der Waals surface area contributed by atoms with Crippen LogP contribution in [0.15, 0.2) is 48.5 Å². The highest BCUT2D eigenvalue weighted by molar-refractivity contribution is 6.30. The van der Waals surface area contributed by atoms with Gasteiger partial charge in [0.25, 0.3) is 5.91 Å². The number of carbonyl (C=O) groups excluding carboxylic acids is 1. The van der Waals surface area contributed by atoms with Crippen molar-refractivity contribution in [2.45, 2.75) is 51.3 Å². The van der Waals surface area contributed by atoms with Gasteiger partial charge in [-0.2, -0.15) is 0 Å². The van der Waals surface area contributed by atoms with E-state index in [1.165, 1.54) is 0 Å². The van der Waals surface area contributed by atoms with Crippen LogP contribution in [0.25, 0.3) is 0 Å². The maximum Gasteiger partial charge on any atom is 0.257 e. The van der Waals surface area contributed by atoms with Gasteiger partial charge in [0.05, 0.1) is 5.56 Å². The minimum absolute atomic E-state index is 0.0170. The van der Waals surface area contributed by atoms with Crippen LogP contribution in [0.5, 0.6) is 5.75 Å². The lowest BCUT2D eigenvalue weighted by Gasteiger charge is -2.36. The predicted octanol–water partition coefficient (Wildman–Crippen LogP) is 4.65. The zero-order valence-electron chi connectivity index (χ0n) is 15.7. The van der Waals surface area contributed by atoms with Gasteiger partial charge in [-0.1, -0.05) is 35.9 Å². The van der Waals surface area contributed by atoms with Crippen molar-refractivity contribution in [1.29, 1.82) is 0 Å². The van der Waals surface area contributed by atoms with E-state index in [0.717, 1.165) is 31.2 Å². The van der Waals surface area contributed by atoms with Gasteiger partial charge in [0, 0.05) is 23.7 Å². The molecule has 2 aromatic rings. The summed E-state index contributed by atoms with van der Waals surface area (Å²) in [5.74, 6) is 0.624. The Bertz CT molecular complexity index is 763. The van der Waals surface area contributed by atoms with Crippen LogP contribution in [-0.4, -0.2) is 29.4 Å². The summed E-state index contributed by atoms with van der Waals surface area (Å²) in [5, 5.41) is 0.693. The highest BCUT2D eigenvalue weighted by Gasteiger charge is 2.29. The monoisotopic (exact) mass is 386 g/mol. The molecule has 0 spiro atoms. The number of hydrogen-bond acceptors (Lipinski definition) is 3. The number of para-hydroxylation sites is 1. The van der Waals surface area contributed by atoms with E-state index in [0.29, 0.717) is 29.5 Å². The van der Waals surface area contributed by atoms with Gasteiger partial charge in [-0.25, -0.2) is 0 Å². The molecule has 0 bridgehead atoms. The summed E-state index contributed by atoms with van der Waals surface area (Å²) in [6.07, 6.45) is 4.00. The fraction of sp³-hybridized carbons (Fsp3) is 0.409. The van der Waals surface area contributed by atoms with Crippen LogP contribution in [0.3, 0.4) is 0 Å². The van der Waals surface area contributed by atoms with Crippen molar-refractivity contribution >= 4 is 17.5 Å². The molecule has 2 N–H and O–H groups in total. The Hall–Kier alpha value is -2.04. The van der Waals surface area contributed by atoms with Crippen LogP contribution in [0.2, 0.25) is 5.02 Å². The van der Waals surface area contributed by atoms with Crippen LogP contribution in [0.1, 0.15) is 48.5 Å². The van der Waals surface area contributed by atoms with Gasteiger partial charge in [0.2, 0.25) is 0 Å². The number of nitrogens with zero attached hydrogens (tertiary/aromatic N) is 1. The molecule has 1 saturated carbocycles. The summed E-state index contributed by atoms with van der Waals surface area (Å²) in [4.78, 5) is 15.2. The number of nitrogens with two attached hydrogens (primary N) is 1. The van der Waals surface area contributed by atoms with Crippen molar-refractivity contribution in [1.82, 2.24) is 4.90 Å². The topological polar surface area (TPSA) is 55.6 Å². The molecule has 2 aromatic carbocycles. The van der Waals surface area contributed by atoms with Gasteiger partial charge in [0.1, 0.15) is 12.4 Å². The van der Waals surface area contributed by atoms with E-state index < -0.39 is 0 Å². The minimum Gasteiger partial charge on any atom is -0.488 e. The molecule has 0 unspecified atom stereocenters. The van der Waals surface area contributed by atoms with Gasteiger partial charge in [-0.15, -0.1) is 0 Å². The van der Waals surface area contributed by atoms with Gasteiger partial charge in [-0.05, 0) is 62.4 Å². The SMILES string of the molecule is CCN(C(=O)c1ccccc1OCc1ccc(Cl)cc1)[C@H]1CCC[C@@H](N)C1. The number of benzene rings is 2. The summed E-state index contributed by atoms with van der Waals surface area (Å²) in [5.41, 5.74) is 7.75. The fourth-order valence-corrected chi connectivity index (χ4v) is 3.84. The van der Waals surface area contributed by atoms with Crippen molar-refractivity contribution in [2.75, 3.05) is 6.54 Å². The standard InChI is InChI=1S/C22H27ClN2O2/c1-2-25(19-7-5-6-18(24)14-19)22(26)20-8-3-4-9-21(20)27-15-16-10-12-17(23)13-11-16/h3-4,8-13,18-19H,2,5-7,14-15,24H2,1H3/t18-,19+/m1/s1. The number of hydrogen-bond donors (Lipinski definition) is 1. The van der Waals surface area contributed by atoms with Crippen molar-refractivity contribution in [3.63, 3.8) is 0 Å². The van der Waals surface area contributed by atoms with Crippen LogP contribution in [0, 0.1) is 0 Å². The van der Waals surface area contributed by atoms with E-state index in [1.807, 2.05) is 60.4 Å². The Morgan fingerprint density at radius 3 is 2.63 bits per heavy atom. The van der Waals surface area contributed by atoms with Crippen LogP contribution < -0.4 is 10.5 Å². The first-order chi connectivity index (χ1) is 13.1. The first-order valence-corrected chi connectivity index (χ1v) is 9.99. The van der Waals surface area contributed by atoms with E-state index in [-0.39, 0.29) is 18.0 Å². The van der Waals surface area contributed by atoms with Crippen LogP contribution in [0.4, 0.5) is 0 Å². The molecule has 1 amide bonds. The van der Waals surface area contributed by atoms with Crippen LogP contribution >= 0.6 is 11.6 Å². The summed E-state index contributed by atoms with van der Waals surface area (Å²) in [7, 11) is 0. The Morgan fingerprint density at radius 2 is 1.93 bits per heavy atom. The first-order valence-electron chi connectivity index (χ1n) is 9.61. The number of amides is 1. The summed E-state index contributed by atoms with van der Waals surface area (Å²) < 4.78 is 5.97. The van der Waals surface area contributed by atoms with Gasteiger partial charge in [0.15, 0.2) is 0 Å².